The Labute approximate surface area is 143 Å². The summed E-state index contributed by atoms with van der Waals surface area (Å²) in [5, 5.41) is 3.04. The SMILES string of the molecule is CCOc1ccccc1NC(=O)Cn1ccc(=O)c2cc(F)ccc21. The second kappa shape index (κ2) is 7.17. The van der Waals surface area contributed by atoms with Gasteiger partial charge in [0, 0.05) is 17.6 Å². The molecule has 2 aromatic carbocycles. The minimum atomic E-state index is -0.488. The summed E-state index contributed by atoms with van der Waals surface area (Å²) in [7, 11) is 0. The third kappa shape index (κ3) is 3.68. The van der Waals surface area contributed by atoms with Crippen molar-refractivity contribution in [3.8, 4) is 5.75 Å². The van der Waals surface area contributed by atoms with Gasteiger partial charge >= 0.3 is 0 Å². The zero-order chi connectivity index (χ0) is 17.8. The van der Waals surface area contributed by atoms with Gasteiger partial charge in [0.05, 0.1) is 17.8 Å². The zero-order valence-corrected chi connectivity index (χ0v) is 13.7. The monoisotopic (exact) mass is 340 g/mol. The fourth-order valence-corrected chi connectivity index (χ4v) is 2.62. The fraction of sp³-hybridized carbons (Fsp3) is 0.158. The van der Waals surface area contributed by atoms with Crippen LogP contribution in [0, 0.1) is 5.82 Å². The Bertz CT molecular complexity index is 982. The van der Waals surface area contributed by atoms with Crippen LogP contribution in [-0.2, 0) is 11.3 Å². The lowest BCUT2D eigenvalue weighted by Crippen LogP contribution is -2.20. The van der Waals surface area contributed by atoms with Crippen LogP contribution in [0.1, 0.15) is 6.92 Å². The van der Waals surface area contributed by atoms with Crippen LogP contribution in [0.4, 0.5) is 10.1 Å². The molecule has 3 aromatic rings. The summed E-state index contributed by atoms with van der Waals surface area (Å²) >= 11 is 0. The van der Waals surface area contributed by atoms with Gasteiger partial charge in [-0.3, -0.25) is 9.59 Å². The number of pyridine rings is 1. The highest BCUT2D eigenvalue weighted by molar-refractivity contribution is 5.93. The number of halogens is 1. The van der Waals surface area contributed by atoms with Crippen LogP contribution in [0.3, 0.4) is 0 Å². The minimum Gasteiger partial charge on any atom is -0.492 e. The van der Waals surface area contributed by atoms with E-state index in [0.717, 1.165) is 0 Å². The van der Waals surface area contributed by atoms with Crippen molar-refractivity contribution >= 4 is 22.5 Å². The zero-order valence-electron chi connectivity index (χ0n) is 13.7. The lowest BCUT2D eigenvalue weighted by molar-refractivity contribution is -0.116. The van der Waals surface area contributed by atoms with Crippen molar-refractivity contribution in [2.24, 2.45) is 0 Å². The van der Waals surface area contributed by atoms with E-state index in [0.29, 0.717) is 23.6 Å². The quantitative estimate of drug-likeness (QED) is 0.776. The topological polar surface area (TPSA) is 60.3 Å². The molecule has 0 fully saturated rings. The number of rotatable bonds is 5. The molecular weight excluding hydrogens is 323 g/mol. The molecule has 0 saturated carbocycles. The van der Waals surface area contributed by atoms with Crippen LogP contribution >= 0.6 is 0 Å². The Morgan fingerprint density at radius 1 is 1.20 bits per heavy atom. The molecule has 0 saturated heterocycles. The number of anilines is 1. The lowest BCUT2D eigenvalue weighted by Gasteiger charge is -2.13. The number of ether oxygens (including phenoxy) is 1. The highest BCUT2D eigenvalue weighted by Crippen LogP contribution is 2.23. The third-order valence-corrected chi connectivity index (χ3v) is 3.71. The van der Waals surface area contributed by atoms with Crippen molar-refractivity contribution in [3.05, 3.63) is 70.8 Å². The van der Waals surface area contributed by atoms with Gasteiger partial charge in [-0.15, -0.1) is 0 Å². The number of nitrogens with zero attached hydrogens (tertiary/aromatic N) is 1. The molecule has 1 heterocycles. The summed E-state index contributed by atoms with van der Waals surface area (Å²) in [5.41, 5.74) is 0.792. The molecule has 0 atom stereocenters. The van der Waals surface area contributed by atoms with Crippen LogP contribution in [0.25, 0.3) is 10.9 Å². The van der Waals surface area contributed by atoms with Crippen molar-refractivity contribution in [1.29, 1.82) is 0 Å². The van der Waals surface area contributed by atoms with Gasteiger partial charge in [-0.25, -0.2) is 4.39 Å². The summed E-state index contributed by atoms with van der Waals surface area (Å²) < 4.78 is 20.5. The Morgan fingerprint density at radius 2 is 2.00 bits per heavy atom. The standard InChI is InChI=1S/C19H17FN2O3/c1-2-25-18-6-4-3-5-15(18)21-19(24)12-22-10-9-17(23)14-11-13(20)7-8-16(14)22/h3-11H,2,12H2,1H3,(H,21,24). The number of fused-ring (bicyclic) bond motifs is 1. The second-order valence-electron chi connectivity index (χ2n) is 5.45. The highest BCUT2D eigenvalue weighted by atomic mass is 19.1. The number of hydrogen-bond donors (Lipinski definition) is 1. The first-order chi connectivity index (χ1) is 12.1. The van der Waals surface area contributed by atoms with E-state index >= 15 is 0 Å². The van der Waals surface area contributed by atoms with Crippen molar-refractivity contribution in [3.63, 3.8) is 0 Å². The number of aromatic nitrogens is 1. The fourth-order valence-electron chi connectivity index (χ4n) is 2.62. The number of carbonyl (C=O) groups is 1. The Balaban J connectivity index is 1.86. The summed E-state index contributed by atoms with van der Waals surface area (Å²) in [4.78, 5) is 24.3. The van der Waals surface area contributed by atoms with E-state index in [-0.39, 0.29) is 23.3 Å². The van der Waals surface area contributed by atoms with E-state index in [1.54, 1.807) is 22.8 Å². The van der Waals surface area contributed by atoms with Gasteiger partial charge in [0.15, 0.2) is 5.43 Å². The van der Waals surface area contributed by atoms with E-state index in [1.807, 2.05) is 13.0 Å². The summed E-state index contributed by atoms with van der Waals surface area (Å²) in [6.07, 6.45) is 1.52. The van der Waals surface area contributed by atoms with Gasteiger partial charge in [0.1, 0.15) is 18.1 Å². The van der Waals surface area contributed by atoms with Gasteiger partial charge in [-0.1, -0.05) is 12.1 Å². The van der Waals surface area contributed by atoms with Crippen molar-refractivity contribution in [1.82, 2.24) is 4.57 Å². The summed E-state index contributed by atoms with van der Waals surface area (Å²) in [5.74, 6) is -0.177. The van der Waals surface area contributed by atoms with Crippen molar-refractivity contribution < 1.29 is 13.9 Å². The molecule has 6 heteroatoms. The largest absolute Gasteiger partial charge is 0.492 e. The average molecular weight is 340 g/mol. The number of amides is 1. The smallest absolute Gasteiger partial charge is 0.244 e. The summed E-state index contributed by atoms with van der Waals surface area (Å²) in [6, 6.07) is 12.4. The van der Waals surface area contributed by atoms with Crippen LogP contribution in [-0.4, -0.2) is 17.1 Å². The summed E-state index contributed by atoms with van der Waals surface area (Å²) in [6.45, 7) is 2.34. The first-order valence-corrected chi connectivity index (χ1v) is 7.89. The molecule has 0 aliphatic heterocycles. The number of carbonyl (C=O) groups excluding carboxylic acids is 1. The molecule has 5 nitrogen and oxygen atoms in total. The molecule has 1 N–H and O–H groups in total. The number of para-hydroxylation sites is 2. The lowest BCUT2D eigenvalue weighted by atomic mass is 10.2. The van der Waals surface area contributed by atoms with E-state index in [4.69, 9.17) is 4.74 Å². The average Bonchev–Trinajstić information content (AvgIpc) is 2.59. The first kappa shape index (κ1) is 16.7. The van der Waals surface area contributed by atoms with Crippen LogP contribution < -0.4 is 15.5 Å². The van der Waals surface area contributed by atoms with Crippen LogP contribution in [0.2, 0.25) is 0 Å². The first-order valence-electron chi connectivity index (χ1n) is 7.89. The number of hydrogen-bond acceptors (Lipinski definition) is 3. The molecule has 1 amide bonds. The maximum Gasteiger partial charge on any atom is 0.244 e. The van der Waals surface area contributed by atoms with Crippen LogP contribution in [0.5, 0.6) is 5.75 Å². The van der Waals surface area contributed by atoms with Gasteiger partial charge in [-0.05, 0) is 37.3 Å². The maximum absolute atomic E-state index is 13.4. The third-order valence-electron chi connectivity index (χ3n) is 3.71. The van der Waals surface area contributed by atoms with Crippen molar-refractivity contribution in [2.75, 3.05) is 11.9 Å². The van der Waals surface area contributed by atoms with E-state index in [2.05, 4.69) is 5.32 Å². The predicted octanol–water partition coefficient (Wildman–Crippen LogP) is 3.18. The molecular formula is C19H17FN2O3. The highest BCUT2D eigenvalue weighted by Gasteiger charge is 2.10. The second-order valence-corrected chi connectivity index (χ2v) is 5.45. The van der Waals surface area contributed by atoms with E-state index < -0.39 is 5.82 Å². The molecule has 0 radical (unpaired) electrons. The molecule has 25 heavy (non-hydrogen) atoms. The molecule has 0 unspecified atom stereocenters. The Hall–Kier alpha value is -3.15. The van der Waals surface area contributed by atoms with Crippen LogP contribution in [0.15, 0.2) is 59.5 Å². The van der Waals surface area contributed by atoms with Gasteiger partial charge in [0.2, 0.25) is 5.91 Å². The Morgan fingerprint density at radius 3 is 2.80 bits per heavy atom. The Kier molecular flexibility index (Phi) is 4.79. The molecule has 0 aliphatic carbocycles. The van der Waals surface area contributed by atoms with E-state index in [9.17, 15) is 14.0 Å². The number of benzene rings is 2. The molecule has 0 bridgehead atoms. The molecule has 128 valence electrons. The molecule has 0 aliphatic rings. The maximum atomic E-state index is 13.4. The van der Waals surface area contributed by atoms with Crippen molar-refractivity contribution in [2.45, 2.75) is 13.5 Å². The van der Waals surface area contributed by atoms with Gasteiger partial charge in [0.25, 0.3) is 0 Å². The molecule has 3 rings (SSSR count). The van der Waals surface area contributed by atoms with Gasteiger partial charge < -0.3 is 14.6 Å². The predicted molar refractivity (Wildman–Crippen MR) is 94.4 cm³/mol. The normalized spacial score (nSPS) is 10.6. The molecule has 1 aromatic heterocycles. The minimum absolute atomic E-state index is 0.0110. The number of nitrogens with one attached hydrogen (secondary N) is 1. The molecule has 0 spiro atoms. The van der Waals surface area contributed by atoms with Gasteiger partial charge in [-0.2, -0.15) is 0 Å². The van der Waals surface area contributed by atoms with E-state index in [1.165, 1.54) is 30.5 Å².